The third kappa shape index (κ3) is 3.91. The fourth-order valence-corrected chi connectivity index (χ4v) is 5.23. The molecule has 1 aliphatic heterocycles. The van der Waals surface area contributed by atoms with Crippen LogP contribution >= 0.6 is 23.5 Å². The number of sulfonamides is 1. The Morgan fingerprint density at radius 1 is 1.47 bits per heavy atom. The highest BCUT2D eigenvalue weighted by Crippen LogP contribution is 2.24. The lowest BCUT2D eigenvalue weighted by molar-refractivity contribution is 0.0656. The number of hydrogen-bond acceptors (Lipinski definition) is 6. The maximum atomic E-state index is 11.9. The van der Waals surface area contributed by atoms with Crippen LogP contribution in [0.2, 0.25) is 0 Å². The zero-order valence-corrected chi connectivity index (χ0v) is 12.3. The molecule has 6 nitrogen and oxygen atoms in total. The first-order valence-electron chi connectivity index (χ1n) is 5.51. The van der Waals surface area contributed by atoms with Crippen LogP contribution in [0.5, 0.6) is 0 Å². The maximum absolute atomic E-state index is 11.9. The van der Waals surface area contributed by atoms with Gasteiger partial charge in [0.2, 0.25) is 10.9 Å². The molecule has 2 rings (SSSR count). The van der Waals surface area contributed by atoms with Gasteiger partial charge in [-0.3, -0.25) is 0 Å². The van der Waals surface area contributed by atoms with Crippen molar-refractivity contribution < 1.29 is 22.7 Å². The minimum Gasteiger partial charge on any atom is -0.475 e. The molecule has 19 heavy (non-hydrogen) atoms. The summed E-state index contributed by atoms with van der Waals surface area (Å²) in [4.78, 5) is 10.6. The number of furan rings is 1. The summed E-state index contributed by atoms with van der Waals surface area (Å²) in [7, 11) is -3.77. The van der Waals surface area contributed by atoms with Gasteiger partial charge in [-0.25, -0.2) is 17.9 Å². The predicted octanol–water partition coefficient (Wildman–Crippen LogP) is 1.10. The van der Waals surface area contributed by atoms with E-state index in [0.717, 1.165) is 29.4 Å². The largest absolute Gasteiger partial charge is 0.475 e. The highest BCUT2D eigenvalue weighted by atomic mass is 32.2. The smallest absolute Gasteiger partial charge is 0.371 e. The van der Waals surface area contributed by atoms with Gasteiger partial charge in [0.15, 0.2) is 0 Å². The van der Waals surface area contributed by atoms with Crippen molar-refractivity contribution in [3.63, 3.8) is 0 Å². The number of nitrogens with one attached hydrogen (secondary N) is 1. The second kappa shape index (κ2) is 6.21. The van der Waals surface area contributed by atoms with Crippen molar-refractivity contribution in [3.8, 4) is 0 Å². The molecular formula is C10H13NO5S3. The predicted molar refractivity (Wildman–Crippen MR) is 74.4 cm³/mol. The number of hydrogen-bond donors (Lipinski definition) is 2. The van der Waals surface area contributed by atoms with Gasteiger partial charge in [0.25, 0.3) is 10.0 Å². The van der Waals surface area contributed by atoms with Gasteiger partial charge in [-0.05, 0) is 12.1 Å². The zero-order chi connectivity index (χ0) is 13.9. The number of rotatable bonds is 5. The molecule has 1 fully saturated rings. The first kappa shape index (κ1) is 14.8. The Balaban J connectivity index is 1.98. The highest BCUT2D eigenvalue weighted by Gasteiger charge is 2.23. The Morgan fingerprint density at radius 2 is 2.26 bits per heavy atom. The van der Waals surface area contributed by atoms with E-state index in [1.54, 1.807) is 23.5 Å². The van der Waals surface area contributed by atoms with Crippen molar-refractivity contribution >= 4 is 39.5 Å². The van der Waals surface area contributed by atoms with Crippen LogP contribution in [0.3, 0.4) is 0 Å². The Morgan fingerprint density at radius 3 is 2.84 bits per heavy atom. The van der Waals surface area contributed by atoms with Gasteiger partial charge in [0.1, 0.15) is 0 Å². The van der Waals surface area contributed by atoms with Crippen molar-refractivity contribution in [1.29, 1.82) is 0 Å². The highest BCUT2D eigenvalue weighted by molar-refractivity contribution is 8.06. The van der Waals surface area contributed by atoms with Crippen LogP contribution in [-0.2, 0) is 10.0 Å². The topological polar surface area (TPSA) is 96.6 Å². The SMILES string of the molecule is O=C(O)c1ccc(S(=O)(=O)NCC2CSCCS2)o1. The lowest BCUT2D eigenvalue weighted by atomic mass is 10.5. The summed E-state index contributed by atoms with van der Waals surface area (Å²) in [5, 5.41) is 8.56. The molecule has 2 heterocycles. The molecule has 2 N–H and O–H groups in total. The first-order valence-corrected chi connectivity index (χ1v) is 9.20. The lowest BCUT2D eigenvalue weighted by Gasteiger charge is -2.20. The molecule has 106 valence electrons. The van der Waals surface area contributed by atoms with Gasteiger partial charge in [-0.15, -0.1) is 0 Å². The van der Waals surface area contributed by atoms with Crippen LogP contribution in [-0.4, -0.2) is 48.5 Å². The molecule has 1 atom stereocenters. The molecule has 0 saturated carbocycles. The molecule has 0 spiro atoms. The Hall–Kier alpha value is -0.640. The van der Waals surface area contributed by atoms with Crippen molar-refractivity contribution in [2.75, 3.05) is 23.8 Å². The van der Waals surface area contributed by atoms with Crippen molar-refractivity contribution in [2.24, 2.45) is 0 Å². The Labute approximate surface area is 119 Å². The normalized spacial score (nSPS) is 20.3. The zero-order valence-electron chi connectivity index (χ0n) is 9.87. The van der Waals surface area contributed by atoms with E-state index >= 15 is 0 Å². The van der Waals surface area contributed by atoms with Gasteiger partial charge in [0.05, 0.1) is 0 Å². The molecular weight excluding hydrogens is 310 g/mol. The summed E-state index contributed by atoms with van der Waals surface area (Å²) in [6.07, 6.45) is 0. The van der Waals surface area contributed by atoms with E-state index in [1.807, 2.05) is 0 Å². The van der Waals surface area contributed by atoms with Crippen LogP contribution in [0.15, 0.2) is 21.6 Å². The van der Waals surface area contributed by atoms with Crippen LogP contribution in [0, 0.1) is 0 Å². The summed E-state index contributed by atoms with van der Waals surface area (Å²) in [6, 6.07) is 2.27. The lowest BCUT2D eigenvalue weighted by Crippen LogP contribution is -2.33. The molecule has 0 amide bonds. The number of aromatic carboxylic acids is 1. The van der Waals surface area contributed by atoms with E-state index in [9.17, 15) is 13.2 Å². The minimum absolute atomic E-state index is 0.238. The van der Waals surface area contributed by atoms with E-state index < -0.39 is 16.0 Å². The van der Waals surface area contributed by atoms with Crippen molar-refractivity contribution in [2.45, 2.75) is 10.3 Å². The van der Waals surface area contributed by atoms with Gasteiger partial charge in [-0.2, -0.15) is 23.5 Å². The molecule has 0 aliphatic carbocycles. The summed E-state index contributed by atoms with van der Waals surface area (Å²) in [5.74, 6) is 1.34. The van der Waals surface area contributed by atoms with Crippen LogP contribution in [0.1, 0.15) is 10.6 Å². The molecule has 1 aromatic rings. The van der Waals surface area contributed by atoms with Crippen molar-refractivity contribution in [1.82, 2.24) is 4.72 Å². The fraction of sp³-hybridized carbons (Fsp3) is 0.500. The summed E-state index contributed by atoms with van der Waals surface area (Å²) in [5.41, 5.74) is 0. The second-order valence-electron chi connectivity index (χ2n) is 3.84. The molecule has 1 unspecified atom stereocenters. The summed E-state index contributed by atoms with van der Waals surface area (Å²) < 4.78 is 31.0. The maximum Gasteiger partial charge on any atom is 0.371 e. The fourth-order valence-electron chi connectivity index (χ4n) is 1.51. The standard InChI is InChI=1S/C10H13NO5S3/c12-10(13)8-1-2-9(16-8)19(14,15)11-5-7-6-17-3-4-18-7/h1-2,7,11H,3-6H2,(H,12,13). The van der Waals surface area contributed by atoms with Crippen LogP contribution < -0.4 is 4.72 Å². The average Bonchev–Trinajstić information content (AvgIpc) is 2.88. The Kier molecular flexibility index (Phi) is 4.82. The molecule has 0 aromatic carbocycles. The van der Waals surface area contributed by atoms with Gasteiger partial charge in [-0.1, -0.05) is 0 Å². The van der Waals surface area contributed by atoms with E-state index in [4.69, 9.17) is 9.52 Å². The van der Waals surface area contributed by atoms with Crippen LogP contribution in [0.25, 0.3) is 0 Å². The number of carboxylic acids is 1. The second-order valence-corrected chi connectivity index (χ2v) is 8.10. The number of carbonyl (C=O) groups is 1. The molecule has 9 heteroatoms. The Bertz CT molecular complexity index is 547. The van der Waals surface area contributed by atoms with Gasteiger partial charge in [0, 0.05) is 29.1 Å². The third-order valence-electron chi connectivity index (χ3n) is 2.44. The minimum atomic E-state index is -3.77. The third-order valence-corrected chi connectivity index (χ3v) is 6.58. The summed E-state index contributed by atoms with van der Waals surface area (Å²) >= 11 is 3.54. The van der Waals surface area contributed by atoms with Crippen LogP contribution in [0.4, 0.5) is 0 Å². The van der Waals surface area contributed by atoms with Gasteiger partial charge >= 0.3 is 5.97 Å². The number of thioether (sulfide) groups is 2. The number of carboxylic acid groups (broad SMARTS) is 1. The first-order chi connectivity index (χ1) is 8.99. The summed E-state index contributed by atoms with van der Waals surface area (Å²) in [6.45, 7) is 0.323. The van der Waals surface area contributed by atoms with E-state index in [1.165, 1.54) is 0 Å². The molecule has 0 bridgehead atoms. The molecule has 1 aromatic heterocycles. The van der Waals surface area contributed by atoms with E-state index in [-0.39, 0.29) is 16.1 Å². The monoisotopic (exact) mass is 323 g/mol. The van der Waals surface area contributed by atoms with E-state index in [2.05, 4.69) is 4.72 Å². The quantitative estimate of drug-likeness (QED) is 0.837. The molecule has 1 aliphatic rings. The molecule has 1 saturated heterocycles. The average molecular weight is 323 g/mol. The van der Waals surface area contributed by atoms with E-state index in [0.29, 0.717) is 6.54 Å². The molecule has 0 radical (unpaired) electrons. The van der Waals surface area contributed by atoms with Crippen molar-refractivity contribution in [3.05, 3.63) is 17.9 Å². The van der Waals surface area contributed by atoms with Gasteiger partial charge < -0.3 is 9.52 Å².